The van der Waals surface area contributed by atoms with Gasteiger partial charge in [0.2, 0.25) is 0 Å². The monoisotopic (exact) mass is 319 g/mol. The quantitative estimate of drug-likeness (QED) is 0.909. The van der Waals surface area contributed by atoms with Gasteiger partial charge in [0, 0.05) is 12.5 Å². The summed E-state index contributed by atoms with van der Waals surface area (Å²) in [5, 5.41) is 13.3. The third kappa shape index (κ3) is 4.23. The lowest BCUT2D eigenvalue weighted by Gasteiger charge is -2.28. The van der Waals surface area contributed by atoms with E-state index < -0.39 is 0 Å². The highest BCUT2D eigenvalue weighted by atomic mass is 35.5. The molecule has 0 radical (unpaired) electrons. The van der Waals surface area contributed by atoms with Crippen LogP contribution >= 0.6 is 12.4 Å². The molecule has 22 heavy (non-hydrogen) atoms. The van der Waals surface area contributed by atoms with Gasteiger partial charge in [0.1, 0.15) is 12.4 Å². The van der Waals surface area contributed by atoms with Crippen molar-refractivity contribution in [2.45, 2.75) is 25.0 Å². The summed E-state index contributed by atoms with van der Waals surface area (Å²) in [7, 11) is 0. The number of aliphatic hydroxyl groups excluding tert-OH is 1. The normalized spacial score (nSPS) is 21.0. The van der Waals surface area contributed by atoms with Crippen molar-refractivity contribution in [3.63, 3.8) is 0 Å². The second-order valence-electron chi connectivity index (χ2n) is 5.51. The van der Waals surface area contributed by atoms with Crippen molar-refractivity contribution < 1.29 is 9.84 Å². The zero-order chi connectivity index (χ0) is 14.5. The molecule has 2 aromatic carbocycles. The van der Waals surface area contributed by atoms with Gasteiger partial charge in [0.05, 0.1) is 6.10 Å². The SMILES string of the molecule is Cl.O[C@@H]1CNCC[C@@H]1c1ccc(OCc2ccccc2)cc1. The van der Waals surface area contributed by atoms with Crippen LogP contribution in [0, 0.1) is 0 Å². The van der Waals surface area contributed by atoms with Crippen LogP contribution in [-0.2, 0) is 6.61 Å². The van der Waals surface area contributed by atoms with Gasteiger partial charge in [0.15, 0.2) is 0 Å². The van der Waals surface area contributed by atoms with Crippen molar-refractivity contribution in [3.05, 3.63) is 65.7 Å². The van der Waals surface area contributed by atoms with Gasteiger partial charge in [-0.05, 0) is 36.2 Å². The maximum absolute atomic E-state index is 10.0. The number of halogens is 1. The van der Waals surface area contributed by atoms with Crippen LogP contribution in [-0.4, -0.2) is 24.3 Å². The van der Waals surface area contributed by atoms with Crippen molar-refractivity contribution in [1.29, 1.82) is 0 Å². The molecule has 2 aromatic rings. The van der Waals surface area contributed by atoms with Crippen LogP contribution in [0.1, 0.15) is 23.5 Å². The summed E-state index contributed by atoms with van der Waals surface area (Å²) < 4.78 is 5.79. The molecule has 3 nitrogen and oxygen atoms in total. The van der Waals surface area contributed by atoms with E-state index in [-0.39, 0.29) is 24.4 Å². The Balaban J connectivity index is 0.00000176. The van der Waals surface area contributed by atoms with Crippen molar-refractivity contribution in [2.24, 2.45) is 0 Å². The molecule has 1 fully saturated rings. The van der Waals surface area contributed by atoms with Crippen LogP contribution in [0.15, 0.2) is 54.6 Å². The first-order valence-corrected chi connectivity index (χ1v) is 7.48. The van der Waals surface area contributed by atoms with E-state index in [0.29, 0.717) is 13.2 Å². The molecule has 2 atom stereocenters. The minimum absolute atomic E-state index is 0. The van der Waals surface area contributed by atoms with Gasteiger partial charge in [-0.1, -0.05) is 42.5 Å². The highest BCUT2D eigenvalue weighted by molar-refractivity contribution is 5.85. The first kappa shape index (κ1) is 16.8. The number of β-amino-alcohol motifs (C(OH)–C–C–N with tert-alkyl or cyclic N) is 1. The number of hydrogen-bond donors (Lipinski definition) is 2. The number of nitrogens with one attached hydrogen (secondary N) is 1. The van der Waals surface area contributed by atoms with E-state index >= 15 is 0 Å². The molecule has 1 saturated heterocycles. The minimum atomic E-state index is -0.296. The Bertz CT molecular complexity index is 559. The minimum Gasteiger partial charge on any atom is -0.489 e. The molecule has 0 aliphatic carbocycles. The summed E-state index contributed by atoms with van der Waals surface area (Å²) in [6.07, 6.45) is 0.681. The van der Waals surface area contributed by atoms with Crippen LogP contribution in [0.25, 0.3) is 0 Å². The predicted octanol–water partition coefficient (Wildman–Crippen LogP) is 3.13. The second-order valence-corrected chi connectivity index (χ2v) is 5.51. The van der Waals surface area contributed by atoms with E-state index in [4.69, 9.17) is 4.74 Å². The Kier molecular flexibility index (Phi) is 6.25. The first-order valence-electron chi connectivity index (χ1n) is 7.48. The zero-order valence-electron chi connectivity index (χ0n) is 12.4. The fraction of sp³-hybridized carbons (Fsp3) is 0.333. The van der Waals surface area contributed by atoms with Gasteiger partial charge in [-0.3, -0.25) is 0 Å². The standard InChI is InChI=1S/C18H21NO2.ClH/c20-18-12-19-11-10-17(18)15-6-8-16(9-7-15)21-13-14-4-2-1-3-5-14;/h1-9,17-20H,10-13H2;1H/t17-,18-;/m1./s1. The molecule has 0 spiro atoms. The van der Waals surface area contributed by atoms with Crippen LogP contribution in [0.4, 0.5) is 0 Å². The largest absolute Gasteiger partial charge is 0.489 e. The Morgan fingerprint density at radius 3 is 2.45 bits per heavy atom. The smallest absolute Gasteiger partial charge is 0.119 e. The van der Waals surface area contributed by atoms with Gasteiger partial charge < -0.3 is 15.2 Å². The Hall–Kier alpha value is -1.55. The van der Waals surface area contributed by atoms with E-state index in [0.717, 1.165) is 24.3 Å². The van der Waals surface area contributed by atoms with E-state index in [9.17, 15) is 5.11 Å². The molecule has 1 heterocycles. The fourth-order valence-electron chi connectivity index (χ4n) is 2.78. The molecule has 0 aromatic heterocycles. The number of aliphatic hydroxyl groups is 1. The maximum atomic E-state index is 10.0. The number of benzene rings is 2. The zero-order valence-corrected chi connectivity index (χ0v) is 13.3. The lowest BCUT2D eigenvalue weighted by molar-refractivity contribution is 0.118. The summed E-state index contributed by atoms with van der Waals surface area (Å²) in [6, 6.07) is 18.3. The Labute approximate surface area is 137 Å². The van der Waals surface area contributed by atoms with E-state index in [1.807, 2.05) is 30.3 Å². The summed E-state index contributed by atoms with van der Waals surface area (Å²) in [5.41, 5.74) is 2.35. The van der Waals surface area contributed by atoms with E-state index in [2.05, 4.69) is 29.6 Å². The third-order valence-electron chi connectivity index (χ3n) is 4.01. The number of ether oxygens (including phenoxy) is 1. The van der Waals surface area contributed by atoms with Crippen molar-refractivity contribution in [1.82, 2.24) is 5.32 Å². The average Bonchev–Trinajstić information content (AvgIpc) is 2.55. The van der Waals surface area contributed by atoms with Crippen molar-refractivity contribution in [3.8, 4) is 5.75 Å². The molecule has 3 rings (SSSR count). The third-order valence-corrected chi connectivity index (χ3v) is 4.01. The molecule has 118 valence electrons. The van der Waals surface area contributed by atoms with Gasteiger partial charge in [-0.25, -0.2) is 0 Å². The van der Waals surface area contributed by atoms with Gasteiger partial charge in [-0.2, -0.15) is 0 Å². The van der Waals surface area contributed by atoms with Gasteiger partial charge in [-0.15, -0.1) is 12.4 Å². The van der Waals surface area contributed by atoms with E-state index in [1.54, 1.807) is 0 Å². The lowest BCUT2D eigenvalue weighted by Crippen LogP contribution is -2.39. The average molecular weight is 320 g/mol. The molecule has 1 aliphatic rings. The maximum Gasteiger partial charge on any atom is 0.119 e. The molecular weight excluding hydrogens is 298 g/mol. The lowest BCUT2D eigenvalue weighted by atomic mass is 9.88. The molecule has 0 bridgehead atoms. The highest BCUT2D eigenvalue weighted by Crippen LogP contribution is 2.27. The van der Waals surface area contributed by atoms with E-state index in [1.165, 1.54) is 5.56 Å². The Morgan fingerprint density at radius 1 is 1.05 bits per heavy atom. The van der Waals surface area contributed by atoms with Crippen LogP contribution in [0.5, 0.6) is 5.75 Å². The van der Waals surface area contributed by atoms with Crippen LogP contribution < -0.4 is 10.1 Å². The molecular formula is C18H22ClNO2. The first-order chi connectivity index (χ1) is 10.3. The molecule has 0 unspecified atom stereocenters. The summed E-state index contributed by atoms with van der Waals surface area (Å²) in [4.78, 5) is 0. The molecule has 1 aliphatic heterocycles. The Morgan fingerprint density at radius 2 is 1.77 bits per heavy atom. The second kappa shape index (κ2) is 8.18. The molecule has 2 N–H and O–H groups in total. The fourth-order valence-corrected chi connectivity index (χ4v) is 2.78. The summed E-state index contributed by atoms with van der Waals surface area (Å²) in [5.74, 6) is 1.10. The van der Waals surface area contributed by atoms with Gasteiger partial charge in [0.25, 0.3) is 0 Å². The molecule has 4 heteroatoms. The number of rotatable bonds is 4. The topological polar surface area (TPSA) is 41.5 Å². The summed E-state index contributed by atoms with van der Waals surface area (Å²) in [6.45, 7) is 2.22. The van der Waals surface area contributed by atoms with Crippen LogP contribution in [0.2, 0.25) is 0 Å². The highest BCUT2D eigenvalue weighted by Gasteiger charge is 2.24. The van der Waals surface area contributed by atoms with Crippen LogP contribution in [0.3, 0.4) is 0 Å². The van der Waals surface area contributed by atoms with Crippen molar-refractivity contribution in [2.75, 3.05) is 13.1 Å². The van der Waals surface area contributed by atoms with Gasteiger partial charge >= 0.3 is 0 Å². The molecule has 0 amide bonds. The summed E-state index contributed by atoms with van der Waals surface area (Å²) >= 11 is 0. The molecule has 0 saturated carbocycles. The predicted molar refractivity (Wildman–Crippen MR) is 90.7 cm³/mol. The number of hydrogen-bond acceptors (Lipinski definition) is 3. The number of piperidine rings is 1. The van der Waals surface area contributed by atoms with Crippen molar-refractivity contribution >= 4 is 12.4 Å².